The quantitative estimate of drug-likeness (QED) is 0.632. The van der Waals surface area contributed by atoms with E-state index in [1.165, 1.54) is 12.1 Å². The first kappa shape index (κ1) is 15.4. The molecule has 1 unspecified atom stereocenters. The molecule has 106 valence electrons. The summed E-state index contributed by atoms with van der Waals surface area (Å²) in [6.07, 6.45) is 0.517. The molecule has 0 fully saturated rings. The van der Waals surface area contributed by atoms with Gasteiger partial charge in [-0.05, 0) is 60.4 Å². The van der Waals surface area contributed by atoms with Gasteiger partial charge in [0.05, 0.1) is 6.04 Å². The van der Waals surface area contributed by atoms with Crippen molar-refractivity contribution in [3.8, 4) is 0 Å². The molecule has 0 saturated heterocycles. The molecule has 0 aliphatic rings. The first-order valence-corrected chi connectivity index (χ1v) is 7.34. The predicted octanol–water partition coefficient (Wildman–Crippen LogP) is 4.30. The standard InChI is InChI=1S/C15H15BrClFN2/c1-9-4-11(6-12(16)5-9)15(20-19)8-10-7-13(18)2-3-14(10)17/h2-7,15,20H,8,19H2,1H3. The van der Waals surface area contributed by atoms with E-state index in [9.17, 15) is 4.39 Å². The summed E-state index contributed by atoms with van der Waals surface area (Å²) < 4.78 is 14.3. The van der Waals surface area contributed by atoms with Gasteiger partial charge in [0.2, 0.25) is 0 Å². The molecule has 2 aromatic carbocycles. The smallest absolute Gasteiger partial charge is 0.123 e. The SMILES string of the molecule is Cc1cc(Br)cc(C(Cc2cc(F)ccc2Cl)NN)c1. The average molecular weight is 358 g/mol. The van der Waals surface area contributed by atoms with Crippen LogP contribution in [0.2, 0.25) is 5.02 Å². The Morgan fingerprint density at radius 3 is 2.70 bits per heavy atom. The van der Waals surface area contributed by atoms with Gasteiger partial charge in [-0.25, -0.2) is 4.39 Å². The number of aryl methyl sites for hydroxylation is 1. The summed E-state index contributed by atoms with van der Waals surface area (Å²) in [5.74, 6) is 5.34. The van der Waals surface area contributed by atoms with Crippen LogP contribution >= 0.6 is 27.5 Å². The Morgan fingerprint density at radius 2 is 2.05 bits per heavy atom. The van der Waals surface area contributed by atoms with Gasteiger partial charge in [-0.3, -0.25) is 11.3 Å². The summed E-state index contributed by atoms with van der Waals surface area (Å²) in [5.41, 5.74) is 5.65. The summed E-state index contributed by atoms with van der Waals surface area (Å²) in [4.78, 5) is 0. The van der Waals surface area contributed by atoms with Crippen LogP contribution in [-0.4, -0.2) is 0 Å². The van der Waals surface area contributed by atoms with Gasteiger partial charge in [0.1, 0.15) is 5.82 Å². The van der Waals surface area contributed by atoms with Gasteiger partial charge >= 0.3 is 0 Å². The van der Waals surface area contributed by atoms with Gasteiger partial charge < -0.3 is 0 Å². The van der Waals surface area contributed by atoms with Crippen LogP contribution in [0.25, 0.3) is 0 Å². The van der Waals surface area contributed by atoms with E-state index in [4.69, 9.17) is 17.4 Å². The van der Waals surface area contributed by atoms with Crippen LogP contribution in [0.5, 0.6) is 0 Å². The third-order valence-electron chi connectivity index (χ3n) is 3.10. The summed E-state index contributed by atoms with van der Waals surface area (Å²) in [6, 6.07) is 10.3. The predicted molar refractivity (Wildman–Crippen MR) is 84.1 cm³/mol. The molecular formula is C15H15BrClFN2. The van der Waals surface area contributed by atoms with Gasteiger partial charge in [-0.1, -0.05) is 33.6 Å². The lowest BCUT2D eigenvalue weighted by molar-refractivity contribution is 0.548. The van der Waals surface area contributed by atoms with Crippen molar-refractivity contribution in [3.63, 3.8) is 0 Å². The Hall–Kier alpha value is -0.940. The second-order valence-electron chi connectivity index (χ2n) is 4.72. The molecular weight excluding hydrogens is 343 g/mol. The maximum atomic E-state index is 13.3. The van der Waals surface area contributed by atoms with Crippen LogP contribution < -0.4 is 11.3 Å². The number of nitrogens with one attached hydrogen (secondary N) is 1. The van der Waals surface area contributed by atoms with Gasteiger partial charge in [0.25, 0.3) is 0 Å². The summed E-state index contributed by atoms with van der Waals surface area (Å²) in [6.45, 7) is 2.01. The van der Waals surface area contributed by atoms with Crippen molar-refractivity contribution in [3.05, 3.63) is 68.4 Å². The van der Waals surface area contributed by atoms with Crippen molar-refractivity contribution in [2.75, 3.05) is 0 Å². The zero-order chi connectivity index (χ0) is 14.7. The minimum absolute atomic E-state index is 0.134. The number of rotatable bonds is 4. The van der Waals surface area contributed by atoms with Crippen molar-refractivity contribution in [2.24, 2.45) is 5.84 Å². The molecule has 5 heteroatoms. The molecule has 0 aliphatic carbocycles. The lowest BCUT2D eigenvalue weighted by Gasteiger charge is -2.18. The van der Waals surface area contributed by atoms with E-state index in [0.29, 0.717) is 11.4 Å². The molecule has 0 amide bonds. The highest BCUT2D eigenvalue weighted by Gasteiger charge is 2.14. The maximum absolute atomic E-state index is 13.3. The number of hydrazine groups is 1. The van der Waals surface area contributed by atoms with Gasteiger partial charge in [0, 0.05) is 9.50 Å². The van der Waals surface area contributed by atoms with E-state index in [2.05, 4.69) is 21.4 Å². The Labute approximate surface area is 131 Å². The van der Waals surface area contributed by atoms with Crippen molar-refractivity contribution in [2.45, 2.75) is 19.4 Å². The van der Waals surface area contributed by atoms with Crippen molar-refractivity contribution >= 4 is 27.5 Å². The number of halogens is 3. The van der Waals surface area contributed by atoms with E-state index >= 15 is 0 Å². The van der Waals surface area contributed by atoms with E-state index in [1.54, 1.807) is 6.07 Å². The lowest BCUT2D eigenvalue weighted by Crippen LogP contribution is -2.29. The fourth-order valence-electron chi connectivity index (χ4n) is 2.16. The third kappa shape index (κ3) is 3.79. The van der Waals surface area contributed by atoms with Crippen LogP contribution in [0.1, 0.15) is 22.7 Å². The molecule has 0 aromatic heterocycles. The molecule has 0 saturated carbocycles. The first-order valence-electron chi connectivity index (χ1n) is 6.16. The Morgan fingerprint density at radius 1 is 1.30 bits per heavy atom. The van der Waals surface area contributed by atoms with Crippen molar-refractivity contribution in [1.29, 1.82) is 0 Å². The molecule has 3 N–H and O–H groups in total. The van der Waals surface area contributed by atoms with Gasteiger partial charge in [0.15, 0.2) is 0 Å². The lowest BCUT2D eigenvalue weighted by atomic mass is 9.98. The van der Waals surface area contributed by atoms with Crippen molar-refractivity contribution < 1.29 is 4.39 Å². The van der Waals surface area contributed by atoms with Gasteiger partial charge in [-0.2, -0.15) is 0 Å². The molecule has 0 heterocycles. The minimum Gasteiger partial charge on any atom is -0.271 e. The Balaban J connectivity index is 2.30. The van der Waals surface area contributed by atoms with E-state index in [1.807, 2.05) is 25.1 Å². The summed E-state index contributed by atoms with van der Waals surface area (Å²) in [7, 11) is 0. The third-order valence-corrected chi connectivity index (χ3v) is 3.93. The van der Waals surface area contributed by atoms with E-state index in [0.717, 1.165) is 21.2 Å². The topological polar surface area (TPSA) is 38.0 Å². The molecule has 2 nitrogen and oxygen atoms in total. The van der Waals surface area contributed by atoms with E-state index < -0.39 is 0 Å². The molecule has 2 aromatic rings. The number of nitrogens with two attached hydrogens (primary N) is 1. The summed E-state index contributed by atoms with van der Waals surface area (Å²) in [5, 5.41) is 0.540. The van der Waals surface area contributed by atoms with Crippen LogP contribution in [0.15, 0.2) is 40.9 Å². The zero-order valence-corrected chi connectivity index (χ0v) is 13.3. The molecule has 2 rings (SSSR count). The van der Waals surface area contributed by atoms with Crippen LogP contribution in [0, 0.1) is 12.7 Å². The molecule has 1 atom stereocenters. The van der Waals surface area contributed by atoms with Crippen LogP contribution in [-0.2, 0) is 6.42 Å². The molecule has 20 heavy (non-hydrogen) atoms. The largest absolute Gasteiger partial charge is 0.271 e. The Bertz CT molecular complexity index is 599. The van der Waals surface area contributed by atoms with Crippen LogP contribution in [0.3, 0.4) is 0 Å². The first-order chi connectivity index (χ1) is 9.49. The fourth-order valence-corrected chi connectivity index (χ4v) is 2.98. The van der Waals surface area contributed by atoms with Crippen LogP contribution in [0.4, 0.5) is 4.39 Å². The molecule has 0 aliphatic heterocycles. The Kier molecular flexibility index (Phi) is 5.16. The minimum atomic E-state index is -0.300. The molecule has 0 radical (unpaired) electrons. The molecule has 0 bridgehead atoms. The highest BCUT2D eigenvalue weighted by molar-refractivity contribution is 9.10. The highest BCUT2D eigenvalue weighted by atomic mass is 79.9. The second-order valence-corrected chi connectivity index (χ2v) is 6.04. The number of hydrogen-bond donors (Lipinski definition) is 2. The highest BCUT2D eigenvalue weighted by Crippen LogP contribution is 2.26. The zero-order valence-electron chi connectivity index (χ0n) is 11.0. The number of benzene rings is 2. The summed E-state index contributed by atoms with van der Waals surface area (Å²) >= 11 is 9.57. The van der Waals surface area contributed by atoms with Crippen molar-refractivity contribution in [1.82, 2.24) is 5.43 Å². The van der Waals surface area contributed by atoms with Gasteiger partial charge in [-0.15, -0.1) is 0 Å². The normalized spacial score (nSPS) is 12.4. The second kappa shape index (κ2) is 6.68. The molecule has 0 spiro atoms. The average Bonchev–Trinajstić information content (AvgIpc) is 2.38. The van der Waals surface area contributed by atoms with E-state index in [-0.39, 0.29) is 11.9 Å². The monoisotopic (exact) mass is 356 g/mol. The maximum Gasteiger partial charge on any atom is 0.123 e. The number of hydrogen-bond acceptors (Lipinski definition) is 2. The fraction of sp³-hybridized carbons (Fsp3) is 0.200.